The summed E-state index contributed by atoms with van der Waals surface area (Å²) in [6.45, 7) is 0.978. The van der Waals surface area contributed by atoms with E-state index in [0.717, 1.165) is 27.5 Å². The average Bonchev–Trinajstić information content (AvgIpc) is 3.49. The molecule has 182 valence electrons. The van der Waals surface area contributed by atoms with E-state index in [9.17, 15) is 9.18 Å². The molecular formula is C28H25FN4O2S. The Kier molecular flexibility index (Phi) is 6.95. The van der Waals surface area contributed by atoms with Crippen LogP contribution in [0, 0.1) is 5.82 Å². The molecular weight excluding hydrogens is 475 g/mol. The van der Waals surface area contributed by atoms with Gasteiger partial charge in [-0.3, -0.25) is 4.40 Å². The number of fused-ring (bicyclic) bond motifs is 1. The van der Waals surface area contributed by atoms with Crippen LogP contribution >= 0.6 is 11.3 Å². The first-order chi connectivity index (χ1) is 17.6. The van der Waals surface area contributed by atoms with Crippen molar-refractivity contribution in [1.29, 1.82) is 0 Å². The molecule has 0 saturated heterocycles. The number of imidazole rings is 1. The molecule has 5 rings (SSSR count). The van der Waals surface area contributed by atoms with E-state index in [2.05, 4.69) is 10.7 Å². The predicted molar refractivity (Wildman–Crippen MR) is 141 cm³/mol. The van der Waals surface area contributed by atoms with E-state index in [1.807, 2.05) is 65.2 Å². The Balaban J connectivity index is 1.36. The molecule has 2 heterocycles. The Labute approximate surface area is 212 Å². The van der Waals surface area contributed by atoms with Gasteiger partial charge in [0.25, 0.3) is 0 Å². The standard InChI is InChI=1S/C28H25FN4O2S/c1-35-26-10-6-5-9-24(26)30-27(34)32(17-20-7-3-2-4-8-20)16-15-23-19-36-28-31-25(18-33(23)28)21-11-13-22(29)14-12-21/h2-14,18-19H,15-17H2,1H3,(H,30,34). The highest BCUT2D eigenvalue weighted by Crippen LogP contribution is 2.26. The molecule has 0 bridgehead atoms. The summed E-state index contributed by atoms with van der Waals surface area (Å²) in [4.78, 5) is 20.7. The van der Waals surface area contributed by atoms with Crippen molar-refractivity contribution in [2.75, 3.05) is 19.0 Å². The summed E-state index contributed by atoms with van der Waals surface area (Å²) in [5.41, 5.74) is 4.38. The number of carbonyl (C=O) groups is 1. The molecule has 8 heteroatoms. The lowest BCUT2D eigenvalue weighted by atomic mass is 10.2. The zero-order valence-corrected chi connectivity index (χ0v) is 20.5. The van der Waals surface area contributed by atoms with Gasteiger partial charge in [0.2, 0.25) is 0 Å². The van der Waals surface area contributed by atoms with Crippen LogP contribution in [0.4, 0.5) is 14.9 Å². The number of nitrogens with one attached hydrogen (secondary N) is 1. The predicted octanol–water partition coefficient (Wildman–Crippen LogP) is 6.49. The maximum absolute atomic E-state index is 13.3. The minimum Gasteiger partial charge on any atom is -0.495 e. The Hall–Kier alpha value is -4.17. The number of methoxy groups -OCH3 is 1. The van der Waals surface area contributed by atoms with Gasteiger partial charge in [-0.2, -0.15) is 0 Å². The minimum absolute atomic E-state index is 0.201. The Morgan fingerprint density at radius 2 is 1.81 bits per heavy atom. The molecule has 2 aromatic heterocycles. The van der Waals surface area contributed by atoms with Gasteiger partial charge in [-0.15, -0.1) is 11.3 Å². The number of amides is 2. The van der Waals surface area contributed by atoms with Gasteiger partial charge in [0.1, 0.15) is 11.6 Å². The second-order valence-electron chi connectivity index (χ2n) is 8.30. The molecule has 0 unspecified atom stereocenters. The molecule has 2 amide bonds. The number of thiazole rings is 1. The van der Waals surface area contributed by atoms with Crippen LogP contribution in [0.15, 0.2) is 90.4 Å². The van der Waals surface area contributed by atoms with E-state index in [4.69, 9.17) is 9.72 Å². The lowest BCUT2D eigenvalue weighted by Crippen LogP contribution is -2.36. The molecule has 0 saturated carbocycles. The topological polar surface area (TPSA) is 58.9 Å². The van der Waals surface area contributed by atoms with Crippen molar-refractivity contribution in [3.05, 3.63) is 108 Å². The highest BCUT2D eigenvalue weighted by Gasteiger charge is 2.18. The number of halogens is 1. The fourth-order valence-electron chi connectivity index (χ4n) is 4.02. The first-order valence-electron chi connectivity index (χ1n) is 11.5. The summed E-state index contributed by atoms with van der Waals surface area (Å²) in [6, 6.07) is 23.4. The zero-order chi connectivity index (χ0) is 24.9. The molecule has 0 radical (unpaired) electrons. The zero-order valence-electron chi connectivity index (χ0n) is 19.7. The van der Waals surface area contributed by atoms with E-state index in [0.29, 0.717) is 30.9 Å². The molecule has 0 fully saturated rings. The minimum atomic E-state index is -0.273. The van der Waals surface area contributed by atoms with Gasteiger partial charge in [-0.1, -0.05) is 42.5 Å². The van der Waals surface area contributed by atoms with Crippen molar-refractivity contribution in [3.63, 3.8) is 0 Å². The molecule has 0 aliphatic heterocycles. The van der Waals surface area contributed by atoms with Gasteiger partial charge >= 0.3 is 6.03 Å². The number of carbonyl (C=O) groups excluding carboxylic acids is 1. The smallest absolute Gasteiger partial charge is 0.322 e. The number of anilines is 1. The van der Waals surface area contributed by atoms with E-state index in [-0.39, 0.29) is 11.8 Å². The molecule has 0 aliphatic carbocycles. The van der Waals surface area contributed by atoms with E-state index >= 15 is 0 Å². The van der Waals surface area contributed by atoms with E-state index < -0.39 is 0 Å². The number of rotatable bonds is 8. The van der Waals surface area contributed by atoms with Crippen LogP contribution in [0.3, 0.4) is 0 Å². The van der Waals surface area contributed by atoms with Crippen LogP contribution in [-0.2, 0) is 13.0 Å². The summed E-state index contributed by atoms with van der Waals surface area (Å²) >= 11 is 1.55. The summed E-state index contributed by atoms with van der Waals surface area (Å²) < 4.78 is 20.8. The second kappa shape index (κ2) is 10.6. The first kappa shape index (κ1) is 23.6. The van der Waals surface area contributed by atoms with Crippen molar-refractivity contribution < 1.29 is 13.9 Å². The molecule has 1 N–H and O–H groups in total. The average molecular weight is 501 g/mol. The lowest BCUT2D eigenvalue weighted by molar-refractivity contribution is 0.209. The van der Waals surface area contributed by atoms with Crippen LogP contribution in [0.1, 0.15) is 11.3 Å². The van der Waals surface area contributed by atoms with Crippen molar-refractivity contribution in [3.8, 4) is 17.0 Å². The quantitative estimate of drug-likeness (QED) is 0.265. The van der Waals surface area contributed by atoms with Crippen molar-refractivity contribution in [2.24, 2.45) is 0 Å². The van der Waals surface area contributed by atoms with Crippen molar-refractivity contribution >= 4 is 28.0 Å². The van der Waals surface area contributed by atoms with Gasteiger partial charge in [0.15, 0.2) is 4.96 Å². The number of ether oxygens (including phenoxy) is 1. The molecule has 0 spiro atoms. The van der Waals surface area contributed by atoms with Crippen LogP contribution < -0.4 is 10.1 Å². The van der Waals surface area contributed by atoms with Crippen molar-refractivity contribution in [2.45, 2.75) is 13.0 Å². The molecule has 0 atom stereocenters. The third-order valence-corrected chi connectivity index (χ3v) is 6.80. The Bertz CT molecular complexity index is 1460. The maximum Gasteiger partial charge on any atom is 0.322 e. The third kappa shape index (κ3) is 5.23. The van der Waals surface area contributed by atoms with Crippen LogP contribution in [0.5, 0.6) is 5.75 Å². The third-order valence-electron chi connectivity index (χ3n) is 5.91. The Morgan fingerprint density at radius 1 is 1.06 bits per heavy atom. The van der Waals surface area contributed by atoms with Crippen LogP contribution in [-0.4, -0.2) is 34.0 Å². The molecule has 5 aromatic rings. The van der Waals surface area contributed by atoms with E-state index in [1.165, 1.54) is 12.1 Å². The molecule has 3 aromatic carbocycles. The van der Waals surface area contributed by atoms with Gasteiger partial charge in [-0.25, -0.2) is 14.2 Å². The number of urea groups is 1. The summed E-state index contributed by atoms with van der Waals surface area (Å²) in [5.74, 6) is 0.335. The van der Waals surface area contributed by atoms with Crippen LogP contribution in [0.25, 0.3) is 16.2 Å². The fourth-order valence-corrected chi connectivity index (χ4v) is 4.92. The highest BCUT2D eigenvalue weighted by atomic mass is 32.1. The summed E-state index contributed by atoms with van der Waals surface area (Å²) in [5, 5.41) is 5.06. The number of hydrogen-bond donors (Lipinski definition) is 1. The largest absolute Gasteiger partial charge is 0.495 e. The van der Waals surface area contributed by atoms with Gasteiger partial charge in [-0.05, 0) is 42.0 Å². The van der Waals surface area contributed by atoms with Gasteiger partial charge in [0.05, 0.1) is 18.5 Å². The highest BCUT2D eigenvalue weighted by molar-refractivity contribution is 7.15. The summed E-state index contributed by atoms with van der Waals surface area (Å²) in [6.07, 6.45) is 2.61. The molecule has 36 heavy (non-hydrogen) atoms. The number of nitrogens with zero attached hydrogens (tertiary/aromatic N) is 3. The molecule has 6 nitrogen and oxygen atoms in total. The Morgan fingerprint density at radius 3 is 2.58 bits per heavy atom. The lowest BCUT2D eigenvalue weighted by Gasteiger charge is -2.24. The monoisotopic (exact) mass is 500 g/mol. The first-order valence-corrected chi connectivity index (χ1v) is 12.4. The van der Waals surface area contributed by atoms with Crippen LogP contribution in [0.2, 0.25) is 0 Å². The SMILES string of the molecule is COc1ccccc1NC(=O)N(CCc1csc2nc(-c3ccc(F)cc3)cn12)Cc1ccccc1. The normalized spacial score (nSPS) is 10.9. The second-order valence-corrected chi connectivity index (χ2v) is 9.14. The van der Waals surface area contributed by atoms with Crippen molar-refractivity contribution in [1.82, 2.24) is 14.3 Å². The number of hydrogen-bond acceptors (Lipinski definition) is 4. The number of benzene rings is 3. The maximum atomic E-state index is 13.3. The van der Waals surface area contributed by atoms with Gasteiger partial charge < -0.3 is 15.0 Å². The fraction of sp³-hybridized carbons (Fsp3) is 0.143. The molecule has 0 aliphatic rings. The van der Waals surface area contributed by atoms with Gasteiger partial charge in [0, 0.05) is 42.3 Å². The number of aromatic nitrogens is 2. The summed E-state index contributed by atoms with van der Waals surface area (Å²) in [7, 11) is 1.58. The van der Waals surface area contributed by atoms with E-state index in [1.54, 1.807) is 35.5 Å². The number of para-hydroxylation sites is 2.